The summed E-state index contributed by atoms with van der Waals surface area (Å²) >= 11 is 6.30. The number of amides is 1. The molecular weight excluding hydrogens is 322 g/mol. The lowest BCUT2D eigenvalue weighted by molar-refractivity contribution is 0.0616. The van der Waals surface area contributed by atoms with Crippen LogP contribution in [0.5, 0.6) is 0 Å². The van der Waals surface area contributed by atoms with E-state index in [1.165, 1.54) is 25.9 Å². The van der Waals surface area contributed by atoms with Gasteiger partial charge >= 0.3 is 0 Å². The van der Waals surface area contributed by atoms with Gasteiger partial charge in [0, 0.05) is 35.9 Å². The molecule has 1 aromatic heterocycles. The van der Waals surface area contributed by atoms with E-state index in [-0.39, 0.29) is 11.9 Å². The molecule has 3 aliphatic heterocycles. The van der Waals surface area contributed by atoms with E-state index in [2.05, 4.69) is 10.2 Å². The molecule has 0 aliphatic carbocycles. The minimum Gasteiger partial charge on any atom is -0.346 e. The average Bonchev–Trinajstić information content (AvgIpc) is 2.98. The Labute approximate surface area is 147 Å². The Kier molecular flexibility index (Phi) is 4.10. The van der Waals surface area contributed by atoms with Crippen molar-refractivity contribution in [1.29, 1.82) is 0 Å². The van der Waals surface area contributed by atoms with Crippen LogP contribution in [0.4, 0.5) is 0 Å². The van der Waals surface area contributed by atoms with Gasteiger partial charge in [0.2, 0.25) is 0 Å². The van der Waals surface area contributed by atoms with E-state index in [1.54, 1.807) is 0 Å². The van der Waals surface area contributed by atoms with Crippen molar-refractivity contribution in [2.24, 2.45) is 13.0 Å². The SMILES string of the molecule is Cn1c(C(=O)N[C@H]2CN3CCC2CC3)ccc1-c1ccccc1Cl. The molecule has 1 N–H and O–H groups in total. The Morgan fingerprint density at radius 1 is 1.17 bits per heavy atom. The minimum absolute atomic E-state index is 0.00885. The molecule has 2 bridgehead atoms. The molecule has 1 atom stereocenters. The van der Waals surface area contributed by atoms with Crippen molar-refractivity contribution < 1.29 is 4.79 Å². The summed E-state index contributed by atoms with van der Waals surface area (Å²) in [6.07, 6.45) is 2.39. The lowest BCUT2D eigenvalue weighted by Crippen LogP contribution is -2.57. The number of halogens is 1. The second-order valence-electron chi connectivity index (χ2n) is 6.86. The topological polar surface area (TPSA) is 37.3 Å². The number of carbonyl (C=O) groups is 1. The first-order valence-corrected chi connectivity index (χ1v) is 8.95. The number of carbonyl (C=O) groups excluding carboxylic acids is 1. The molecule has 4 heterocycles. The van der Waals surface area contributed by atoms with E-state index in [9.17, 15) is 4.79 Å². The summed E-state index contributed by atoms with van der Waals surface area (Å²) in [5.74, 6) is 0.636. The zero-order valence-electron chi connectivity index (χ0n) is 13.8. The largest absolute Gasteiger partial charge is 0.346 e. The standard InChI is InChI=1S/C19H22ClN3O/c1-22-17(14-4-2-3-5-15(14)20)6-7-18(22)19(24)21-16-12-23-10-8-13(16)9-11-23/h2-7,13,16H,8-12H2,1H3,(H,21,24)/t16-/m0/s1. The number of hydrogen-bond donors (Lipinski definition) is 1. The number of fused-ring (bicyclic) bond motifs is 3. The summed E-state index contributed by atoms with van der Waals surface area (Å²) < 4.78 is 1.93. The fourth-order valence-electron chi connectivity index (χ4n) is 4.05. The summed E-state index contributed by atoms with van der Waals surface area (Å²) in [4.78, 5) is 15.2. The van der Waals surface area contributed by atoms with Crippen molar-refractivity contribution in [3.05, 3.63) is 47.1 Å². The maximum atomic E-state index is 12.8. The first-order chi connectivity index (χ1) is 11.6. The van der Waals surface area contributed by atoms with Crippen LogP contribution in [0.1, 0.15) is 23.3 Å². The number of nitrogens with zero attached hydrogens (tertiary/aromatic N) is 2. The van der Waals surface area contributed by atoms with Crippen LogP contribution in [-0.4, -0.2) is 41.1 Å². The minimum atomic E-state index is 0.00885. The number of benzene rings is 1. The molecule has 1 amide bonds. The first-order valence-electron chi connectivity index (χ1n) is 8.57. The summed E-state index contributed by atoms with van der Waals surface area (Å²) in [6.45, 7) is 3.34. The fraction of sp³-hybridized carbons (Fsp3) is 0.421. The van der Waals surface area contributed by atoms with Gasteiger partial charge in [-0.05, 0) is 50.0 Å². The van der Waals surface area contributed by atoms with Crippen molar-refractivity contribution in [3.63, 3.8) is 0 Å². The predicted octanol–water partition coefficient (Wildman–Crippen LogP) is 3.17. The maximum absolute atomic E-state index is 12.8. The van der Waals surface area contributed by atoms with Crippen molar-refractivity contribution in [2.45, 2.75) is 18.9 Å². The number of aromatic nitrogens is 1. The molecule has 5 rings (SSSR count). The maximum Gasteiger partial charge on any atom is 0.268 e. The van der Waals surface area contributed by atoms with Crippen LogP contribution >= 0.6 is 11.6 Å². The van der Waals surface area contributed by atoms with E-state index >= 15 is 0 Å². The Bertz CT molecular complexity index is 762. The van der Waals surface area contributed by atoms with Crippen LogP contribution in [0, 0.1) is 5.92 Å². The predicted molar refractivity (Wildman–Crippen MR) is 96.3 cm³/mol. The van der Waals surface area contributed by atoms with Gasteiger partial charge in [0.05, 0.1) is 0 Å². The Morgan fingerprint density at radius 3 is 2.58 bits per heavy atom. The highest BCUT2D eigenvalue weighted by Crippen LogP contribution is 2.30. The normalized spacial score (nSPS) is 25.7. The van der Waals surface area contributed by atoms with Crippen molar-refractivity contribution in [2.75, 3.05) is 19.6 Å². The summed E-state index contributed by atoms with van der Waals surface area (Å²) in [5.41, 5.74) is 2.59. The Morgan fingerprint density at radius 2 is 1.92 bits per heavy atom. The van der Waals surface area contributed by atoms with Gasteiger partial charge in [-0.15, -0.1) is 0 Å². The summed E-state index contributed by atoms with van der Waals surface area (Å²) in [5, 5.41) is 3.95. The molecular formula is C19H22ClN3O. The van der Waals surface area contributed by atoms with E-state index < -0.39 is 0 Å². The molecule has 0 saturated carbocycles. The molecule has 3 fully saturated rings. The molecule has 5 heteroatoms. The van der Waals surface area contributed by atoms with Crippen LogP contribution in [0.2, 0.25) is 5.02 Å². The van der Waals surface area contributed by atoms with E-state index in [4.69, 9.17) is 11.6 Å². The smallest absolute Gasteiger partial charge is 0.268 e. The highest BCUT2D eigenvalue weighted by molar-refractivity contribution is 6.33. The molecule has 2 aromatic rings. The second kappa shape index (κ2) is 6.26. The lowest BCUT2D eigenvalue weighted by Gasteiger charge is -2.44. The molecule has 0 unspecified atom stereocenters. The van der Waals surface area contributed by atoms with Gasteiger partial charge < -0.3 is 14.8 Å². The molecule has 0 radical (unpaired) electrons. The monoisotopic (exact) mass is 343 g/mol. The van der Waals surface area contributed by atoms with Gasteiger partial charge in [-0.1, -0.05) is 29.8 Å². The van der Waals surface area contributed by atoms with Gasteiger partial charge in [-0.25, -0.2) is 0 Å². The molecule has 4 nitrogen and oxygen atoms in total. The van der Waals surface area contributed by atoms with Gasteiger partial charge in [-0.3, -0.25) is 4.79 Å². The number of piperidine rings is 3. The van der Waals surface area contributed by atoms with Crippen molar-refractivity contribution in [1.82, 2.24) is 14.8 Å². The van der Waals surface area contributed by atoms with Crippen LogP contribution < -0.4 is 5.32 Å². The quantitative estimate of drug-likeness (QED) is 0.929. The van der Waals surface area contributed by atoms with Crippen molar-refractivity contribution in [3.8, 4) is 11.3 Å². The van der Waals surface area contributed by atoms with E-state index in [0.29, 0.717) is 16.6 Å². The third-order valence-electron chi connectivity index (χ3n) is 5.48. The van der Waals surface area contributed by atoms with E-state index in [1.807, 2.05) is 48.0 Å². The first kappa shape index (κ1) is 15.7. The Hall–Kier alpha value is -1.78. The van der Waals surface area contributed by atoms with Gasteiger partial charge in [0.1, 0.15) is 5.69 Å². The highest BCUT2D eigenvalue weighted by Gasteiger charge is 2.35. The van der Waals surface area contributed by atoms with E-state index in [0.717, 1.165) is 17.8 Å². The molecule has 24 heavy (non-hydrogen) atoms. The molecule has 3 saturated heterocycles. The lowest BCUT2D eigenvalue weighted by atomic mass is 9.84. The van der Waals surface area contributed by atoms with Crippen molar-refractivity contribution >= 4 is 17.5 Å². The number of nitrogens with one attached hydrogen (secondary N) is 1. The van der Waals surface area contributed by atoms with Crippen LogP contribution in [0.3, 0.4) is 0 Å². The highest BCUT2D eigenvalue weighted by atomic mass is 35.5. The number of rotatable bonds is 3. The Balaban J connectivity index is 1.55. The average molecular weight is 344 g/mol. The van der Waals surface area contributed by atoms with Gasteiger partial charge in [0.15, 0.2) is 0 Å². The molecule has 1 aromatic carbocycles. The molecule has 126 valence electrons. The fourth-order valence-corrected chi connectivity index (χ4v) is 4.28. The third-order valence-corrected chi connectivity index (χ3v) is 5.81. The summed E-state index contributed by atoms with van der Waals surface area (Å²) in [6, 6.07) is 11.8. The van der Waals surface area contributed by atoms with Gasteiger partial charge in [-0.2, -0.15) is 0 Å². The van der Waals surface area contributed by atoms with Gasteiger partial charge in [0.25, 0.3) is 5.91 Å². The second-order valence-corrected chi connectivity index (χ2v) is 7.27. The van der Waals surface area contributed by atoms with Crippen LogP contribution in [-0.2, 0) is 7.05 Å². The molecule has 0 spiro atoms. The third kappa shape index (κ3) is 2.74. The summed E-state index contributed by atoms with van der Waals surface area (Å²) in [7, 11) is 1.92. The zero-order chi connectivity index (χ0) is 16.7. The zero-order valence-corrected chi connectivity index (χ0v) is 14.6. The van der Waals surface area contributed by atoms with Crippen LogP contribution in [0.25, 0.3) is 11.3 Å². The molecule has 3 aliphatic rings. The number of hydrogen-bond acceptors (Lipinski definition) is 2. The van der Waals surface area contributed by atoms with Crippen LogP contribution in [0.15, 0.2) is 36.4 Å².